The Morgan fingerprint density at radius 1 is 1.14 bits per heavy atom. The van der Waals surface area contributed by atoms with Crippen molar-refractivity contribution in [3.05, 3.63) is 77.5 Å². The first kappa shape index (κ1) is 18.6. The largest absolute Gasteiger partial charge is 0.332 e. The van der Waals surface area contributed by atoms with Crippen LogP contribution in [0.5, 0.6) is 0 Å². The molecule has 5 heteroatoms. The number of benzene rings is 1. The van der Waals surface area contributed by atoms with Gasteiger partial charge in [-0.05, 0) is 59.9 Å². The zero-order chi connectivity index (χ0) is 20.2. The molecule has 142 valence electrons. The lowest BCUT2D eigenvalue weighted by Crippen LogP contribution is -1.97. The number of hydrogen-bond acceptors (Lipinski definition) is 4. The molecule has 29 heavy (non-hydrogen) atoms. The van der Waals surface area contributed by atoms with Crippen LogP contribution >= 0.6 is 0 Å². The van der Waals surface area contributed by atoms with Crippen molar-refractivity contribution in [2.75, 3.05) is 0 Å². The summed E-state index contributed by atoms with van der Waals surface area (Å²) in [6, 6.07) is 12.6. The molecule has 0 bridgehead atoms. The third-order valence-electron chi connectivity index (χ3n) is 5.02. The van der Waals surface area contributed by atoms with Gasteiger partial charge in [-0.25, -0.2) is 9.97 Å². The van der Waals surface area contributed by atoms with Crippen molar-refractivity contribution < 1.29 is 0 Å². The molecule has 0 radical (unpaired) electrons. The van der Waals surface area contributed by atoms with E-state index in [1.807, 2.05) is 36.1 Å². The molecule has 0 spiro atoms. The number of nitrogens with zero attached hydrogens (tertiary/aromatic N) is 5. The number of hydrogen-bond donors (Lipinski definition) is 0. The van der Waals surface area contributed by atoms with Gasteiger partial charge in [-0.2, -0.15) is 5.26 Å². The van der Waals surface area contributed by atoms with E-state index in [4.69, 9.17) is 10.2 Å². The Labute approximate surface area is 170 Å². The molecule has 0 saturated heterocycles. The van der Waals surface area contributed by atoms with Gasteiger partial charge in [0, 0.05) is 31.2 Å². The highest BCUT2D eigenvalue weighted by atomic mass is 15.0. The van der Waals surface area contributed by atoms with Gasteiger partial charge in [-0.3, -0.25) is 4.98 Å². The molecule has 0 aliphatic carbocycles. The summed E-state index contributed by atoms with van der Waals surface area (Å²) < 4.78 is 1.97. The maximum absolute atomic E-state index is 8.98. The van der Waals surface area contributed by atoms with Crippen LogP contribution in [0.2, 0.25) is 0 Å². The van der Waals surface area contributed by atoms with Gasteiger partial charge in [-0.1, -0.05) is 18.2 Å². The first-order valence-corrected chi connectivity index (χ1v) is 9.52. The number of imidazole rings is 1. The fourth-order valence-electron chi connectivity index (χ4n) is 3.44. The van der Waals surface area contributed by atoms with Gasteiger partial charge in [0.2, 0.25) is 0 Å². The van der Waals surface area contributed by atoms with E-state index >= 15 is 0 Å². The van der Waals surface area contributed by atoms with Crippen LogP contribution in [0.25, 0.3) is 34.4 Å². The summed E-state index contributed by atoms with van der Waals surface area (Å²) in [5.41, 5.74) is 7.24. The van der Waals surface area contributed by atoms with Gasteiger partial charge in [0.15, 0.2) is 0 Å². The molecule has 0 aliphatic heterocycles. The highest BCUT2D eigenvalue weighted by Gasteiger charge is 2.11. The molecule has 0 N–H and O–H groups in total. The van der Waals surface area contributed by atoms with E-state index in [9.17, 15) is 0 Å². The van der Waals surface area contributed by atoms with Gasteiger partial charge >= 0.3 is 0 Å². The number of aryl methyl sites for hydroxylation is 3. The van der Waals surface area contributed by atoms with Crippen LogP contribution in [0.1, 0.15) is 28.7 Å². The van der Waals surface area contributed by atoms with E-state index in [0.717, 1.165) is 45.4 Å². The number of fused-ring (bicyclic) bond motifs is 1. The molecule has 1 aromatic carbocycles. The number of pyridine rings is 2. The van der Waals surface area contributed by atoms with E-state index in [2.05, 4.69) is 53.3 Å². The van der Waals surface area contributed by atoms with Crippen LogP contribution in [0, 0.1) is 18.3 Å². The van der Waals surface area contributed by atoms with Crippen molar-refractivity contribution in [2.24, 2.45) is 7.05 Å². The van der Waals surface area contributed by atoms with E-state index in [1.54, 1.807) is 12.5 Å². The summed E-state index contributed by atoms with van der Waals surface area (Å²) in [6.45, 7) is 2.08. The minimum Gasteiger partial charge on any atom is -0.332 e. The zero-order valence-corrected chi connectivity index (χ0v) is 16.5. The quantitative estimate of drug-likeness (QED) is 0.491. The van der Waals surface area contributed by atoms with Crippen LogP contribution in [0.4, 0.5) is 0 Å². The molecule has 3 aromatic heterocycles. The van der Waals surface area contributed by atoms with Crippen LogP contribution in [-0.4, -0.2) is 19.5 Å². The monoisotopic (exact) mass is 379 g/mol. The molecule has 5 nitrogen and oxygen atoms in total. The number of aromatic nitrogens is 4. The van der Waals surface area contributed by atoms with Crippen LogP contribution in [0.15, 0.2) is 55.2 Å². The van der Waals surface area contributed by atoms with Crippen molar-refractivity contribution in [1.82, 2.24) is 19.5 Å². The minimum atomic E-state index is 0.508. The molecule has 0 saturated carbocycles. The molecule has 0 aliphatic rings. The predicted molar refractivity (Wildman–Crippen MR) is 116 cm³/mol. The van der Waals surface area contributed by atoms with Crippen LogP contribution < -0.4 is 0 Å². The molecular formula is C24H21N5. The molecule has 0 unspecified atom stereocenters. The number of nitriles is 1. The summed E-state index contributed by atoms with van der Waals surface area (Å²) in [4.78, 5) is 13.3. The summed E-state index contributed by atoms with van der Waals surface area (Å²) in [5.74, 6) is 0. The molecule has 0 atom stereocenters. The summed E-state index contributed by atoms with van der Waals surface area (Å²) in [5, 5.41) is 10.1. The lowest BCUT2D eigenvalue weighted by Gasteiger charge is -2.11. The first-order valence-electron chi connectivity index (χ1n) is 9.52. The Balaban J connectivity index is 1.89. The summed E-state index contributed by atoms with van der Waals surface area (Å²) in [6.07, 6.45) is 12.6. The Morgan fingerprint density at radius 3 is 2.76 bits per heavy atom. The predicted octanol–water partition coefficient (Wildman–Crippen LogP) is 4.97. The van der Waals surface area contributed by atoms with E-state index in [-0.39, 0.29) is 0 Å². The van der Waals surface area contributed by atoms with Crippen molar-refractivity contribution in [1.29, 1.82) is 5.26 Å². The Bertz CT molecular complexity index is 1230. The fraction of sp³-hybridized carbons (Fsp3) is 0.167. The second-order valence-corrected chi connectivity index (χ2v) is 7.06. The molecule has 3 heterocycles. The molecule has 0 amide bonds. The van der Waals surface area contributed by atoms with Gasteiger partial charge in [-0.15, -0.1) is 0 Å². The molecule has 4 rings (SSSR count). The summed E-state index contributed by atoms with van der Waals surface area (Å²) >= 11 is 0. The van der Waals surface area contributed by atoms with Gasteiger partial charge in [0.05, 0.1) is 35.5 Å². The Hall–Kier alpha value is -3.78. The minimum absolute atomic E-state index is 0.508. The second kappa shape index (κ2) is 8.07. The molecule has 4 aromatic rings. The van der Waals surface area contributed by atoms with E-state index in [0.29, 0.717) is 6.42 Å². The smallest absolute Gasteiger partial charge is 0.0948 e. The topological polar surface area (TPSA) is 67.4 Å². The fourth-order valence-corrected chi connectivity index (χ4v) is 3.44. The Morgan fingerprint density at radius 2 is 2.03 bits per heavy atom. The number of rotatable bonds is 5. The average molecular weight is 379 g/mol. The normalized spacial score (nSPS) is 11.2. The lowest BCUT2D eigenvalue weighted by molar-refractivity contribution is 0.917. The average Bonchev–Trinajstić information content (AvgIpc) is 3.17. The first-order chi connectivity index (χ1) is 14.2. The zero-order valence-electron chi connectivity index (χ0n) is 16.5. The third kappa shape index (κ3) is 3.92. The Kier molecular flexibility index (Phi) is 5.17. The standard InChI is InChI=1S/C24H21N5/c1-17-11-22-21(12-19(17)6-3-9-25)20(8-7-18-5-4-10-26-14-18)13-23(28-22)24-15-27-16-29(24)2/h4-5,7-8,10-16H,3,6H2,1-2H3/b8-7+. The van der Waals surface area contributed by atoms with Crippen molar-refractivity contribution >= 4 is 23.1 Å². The highest BCUT2D eigenvalue weighted by molar-refractivity contribution is 5.93. The maximum atomic E-state index is 8.98. The van der Waals surface area contributed by atoms with Gasteiger partial charge in [0.1, 0.15) is 0 Å². The molecule has 0 fully saturated rings. The van der Waals surface area contributed by atoms with Crippen LogP contribution in [0.3, 0.4) is 0 Å². The molecular weight excluding hydrogens is 358 g/mol. The summed E-state index contributed by atoms with van der Waals surface area (Å²) in [7, 11) is 1.97. The van der Waals surface area contributed by atoms with Crippen molar-refractivity contribution in [3.8, 4) is 17.5 Å². The van der Waals surface area contributed by atoms with Gasteiger partial charge < -0.3 is 4.57 Å². The lowest BCUT2D eigenvalue weighted by atomic mass is 9.97. The second-order valence-electron chi connectivity index (χ2n) is 7.06. The van der Waals surface area contributed by atoms with E-state index < -0.39 is 0 Å². The maximum Gasteiger partial charge on any atom is 0.0948 e. The van der Waals surface area contributed by atoms with Crippen LogP contribution in [-0.2, 0) is 13.5 Å². The third-order valence-corrected chi connectivity index (χ3v) is 5.02. The highest BCUT2D eigenvalue weighted by Crippen LogP contribution is 2.28. The van der Waals surface area contributed by atoms with E-state index in [1.165, 1.54) is 5.56 Å². The van der Waals surface area contributed by atoms with Crippen molar-refractivity contribution in [2.45, 2.75) is 19.8 Å². The van der Waals surface area contributed by atoms with Gasteiger partial charge in [0.25, 0.3) is 0 Å². The SMILES string of the molecule is Cc1cc2nc(-c3cncn3C)cc(/C=C/c3cccnc3)c2cc1CCC#N. The van der Waals surface area contributed by atoms with Crippen molar-refractivity contribution in [3.63, 3.8) is 0 Å².